The van der Waals surface area contributed by atoms with Crippen molar-refractivity contribution in [2.45, 2.75) is 64.6 Å². The lowest BCUT2D eigenvalue weighted by molar-refractivity contribution is 0.0144. The molecule has 1 atom stereocenters. The van der Waals surface area contributed by atoms with Crippen LogP contribution in [0, 0.1) is 16.7 Å². The van der Waals surface area contributed by atoms with Crippen LogP contribution in [0.4, 0.5) is 16.3 Å². The summed E-state index contributed by atoms with van der Waals surface area (Å²) in [5.41, 5.74) is 2.62. The predicted octanol–water partition coefficient (Wildman–Crippen LogP) is 5.91. The third-order valence-corrected chi connectivity index (χ3v) is 9.36. The van der Waals surface area contributed by atoms with Gasteiger partial charge in [-0.3, -0.25) is 0 Å². The number of carbonyl (C=O) groups excluding carboxylic acids is 1. The normalized spacial score (nSPS) is 19.2. The van der Waals surface area contributed by atoms with E-state index in [1.54, 1.807) is 4.90 Å². The Hall–Kier alpha value is -3.81. The zero-order chi connectivity index (χ0) is 32.6. The Labute approximate surface area is 276 Å². The molecule has 10 nitrogen and oxygen atoms in total. The van der Waals surface area contributed by atoms with E-state index in [2.05, 4.69) is 59.1 Å². The number of carbonyl (C=O) groups is 1. The molecule has 0 radical (unpaired) electrons. The monoisotopic (exact) mass is 645 g/mol. The Morgan fingerprint density at radius 2 is 1.87 bits per heavy atom. The van der Waals surface area contributed by atoms with Crippen LogP contribution in [-0.4, -0.2) is 90.9 Å². The summed E-state index contributed by atoms with van der Waals surface area (Å²) in [5, 5.41) is 12.6. The number of piperazine rings is 1. The molecule has 2 aliphatic heterocycles. The summed E-state index contributed by atoms with van der Waals surface area (Å²) in [7, 11) is 4.19. The molecular weight excluding hydrogens is 602 g/mol. The smallest absolute Gasteiger partial charge is 0.410 e. The summed E-state index contributed by atoms with van der Waals surface area (Å²) in [6.45, 7) is 9.94. The zero-order valence-corrected chi connectivity index (χ0v) is 28.3. The molecule has 0 unspecified atom stereocenters. The molecule has 11 heteroatoms. The third-order valence-electron chi connectivity index (χ3n) is 9.05. The maximum absolute atomic E-state index is 13.1. The Morgan fingerprint density at radius 3 is 2.57 bits per heavy atom. The molecule has 3 aromatic rings. The van der Waals surface area contributed by atoms with Crippen molar-refractivity contribution in [3.8, 4) is 12.1 Å². The Morgan fingerprint density at radius 1 is 1.11 bits per heavy atom. The van der Waals surface area contributed by atoms with Gasteiger partial charge in [-0.15, -0.1) is 0 Å². The van der Waals surface area contributed by atoms with Crippen molar-refractivity contribution < 1.29 is 14.3 Å². The highest BCUT2D eigenvalue weighted by atomic mass is 35.5. The molecular formula is C35H44ClN7O3. The van der Waals surface area contributed by atoms with E-state index in [9.17, 15) is 10.1 Å². The Balaban J connectivity index is 1.32. The summed E-state index contributed by atoms with van der Waals surface area (Å²) < 4.78 is 12.1. The molecule has 1 saturated heterocycles. The van der Waals surface area contributed by atoms with Gasteiger partial charge in [0.25, 0.3) is 0 Å². The average molecular weight is 646 g/mol. The number of fused-ring (bicyclic) bond motifs is 2. The van der Waals surface area contributed by atoms with Crippen molar-refractivity contribution in [3.63, 3.8) is 0 Å². The molecule has 0 spiro atoms. The summed E-state index contributed by atoms with van der Waals surface area (Å²) in [5.74, 6) is 0.833. The topological polar surface area (TPSA) is 98.1 Å². The Kier molecular flexibility index (Phi) is 8.92. The van der Waals surface area contributed by atoms with Crippen LogP contribution in [0.25, 0.3) is 10.8 Å². The molecule has 1 aromatic heterocycles. The lowest BCUT2D eigenvalue weighted by Crippen LogP contribution is -2.56. The number of ether oxygens (including phenoxy) is 2. The number of aromatic nitrogens is 2. The van der Waals surface area contributed by atoms with E-state index in [4.69, 9.17) is 31.0 Å². The Bertz CT molecular complexity index is 1640. The van der Waals surface area contributed by atoms with Crippen molar-refractivity contribution in [1.82, 2.24) is 19.8 Å². The molecule has 0 N–H and O–H groups in total. The van der Waals surface area contributed by atoms with Crippen LogP contribution in [0.2, 0.25) is 5.02 Å². The number of nitrogens with zero attached hydrogens (tertiary/aromatic N) is 7. The minimum absolute atomic E-state index is 0.131. The van der Waals surface area contributed by atoms with Crippen LogP contribution in [-0.2, 0) is 17.7 Å². The zero-order valence-electron chi connectivity index (χ0n) is 27.6. The van der Waals surface area contributed by atoms with Crippen molar-refractivity contribution in [2.75, 3.05) is 63.2 Å². The van der Waals surface area contributed by atoms with E-state index < -0.39 is 5.60 Å². The molecule has 2 fully saturated rings. The largest absolute Gasteiger partial charge is 0.463 e. The highest BCUT2D eigenvalue weighted by Gasteiger charge is 2.44. The highest BCUT2D eigenvalue weighted by molar-refractivity contribution is 6.36. The summed E-state index contributed by atoms with van der Waals surface area (Å²) in [4.78, 5) is 31.6. The van der Waals surface area contributed by atoms with Gasteiger partial charge in [0.2, 0.25) is 0 Å². The first kappa shape index (κ1) is 32.1. The number of hydrogen-bond donors (Lipinski definition) is 0. The molecule has 1 amide bonds. The number of anilines is 2. The van der Waals surface area contributed by atoms with Gasteiger partial charge in [0.05, 0.1) is 42.4 Å². The van der Waals surface area contributed by atoms with Gasteiger partial charge in [0.1, 0.15) is 11.4 Å². The highest BCUT2D eigenvalue weighted by Crippen LogP contribution is 2.46. The van der Waals surface area contributed by atoms with Crippen molar-refractivity contribution >= 4 is 40.0 Å². The molecule has 46 heavy (non-hydrogen) atoms. The summed E-state index contributed by atoms with van der Waals surface area (Å²) >= 11 is 6.73. The van der Waals surface area contributed by atoms with E-state index in [1.165, 1.54) is 0 Å². The number of halogens is 1. The van der Waals surface area contributed by atoms with E-state index in [-0.39, 0.29) is 24.0 Å². The summed E-state index contributed by atoms with van der Waals surface area (Å²) in [6.07, 6.45) is 2.81. The fraction of sp³-hybridized carbons (Fsp3) is 0.543. The van der Waals surface area contributed by atoms with E-state index >= 15 is 0 Å². The molecule has 0 bridgehead atoms. The van der Waals surface area contributed by atoms with Crippen molar-refractivity contribution in [1.29, 1.82) is 5.26 Å². The molecule has 2 aromatic carbocycles. The number of amides is 1. The molecule has 3 aliphatic rings. The van der Waals surface area contributed by atoms with Gasteiger partial charge in [0, 0.05) is 54.8 Å². The molecule has 3 heterocycles. The van der Waals surface area contributed by atoms with Crippen LogP contribution in [0.1, 0.15) is 51.3 Å². The lowest BCUT2D eigenvalue weighted by atomic mass is 10.0. The second kappa shape index (κ2) is 12.8. The van der Waals surface area contributed by atoms with Gasteiger partial charge in [0.15, 0.2) is 0 Å². The van der Waals surface area contributed by atoms with Gasteiger partial charge in [-0.1, -0.05) is 35.9 Å². The number of rotatable bonds is 8. The van der Waals surface area contributed by atoms with Crippen LogP contribution in [0.15, 0.2) is 36.4 Å². The van der Waals surface area contributed by atoms with Gasteiger partial charge < -0.3 is 29.1 Å². The molecule has 6 rings (SSSR count). The van der Waals surface area contributed by atoms with Gasteiger partial charge >= 0.3 is 12.1 Å². The van der Waals surface area contributed by atoms with Crippen LogP contribution >= 0.6 is 11.6 Å². The van der Waals surface area contributed by atoms with Gasteiger partial charge in [-0.25, -0.2) is 4.79 Å². The van der Waals surface area contributed by atoms with Gasteiger partial charge in [-0.05, 0) is 71.6 Å². The number of benzene rings is 2. The SMILES string of the molecule is CN(C)CC1(COc2nc3c(c(N4CCN(C(=O)OC(C)(C)C)[C@@H](CC#N)C4)n2)CCN(c2cccc4cccc(Cl)c24)C3)CC1. The number of nitriles is 1. The van der Waals surface area contributed by atoms with Crippen LogP contribution < -0.4 is 14.5 Å². The van der Waals surface area contributed by atoms with Gasteiger partial charge in [-0.2, -0.15) is 15.2 Å². The fourth-order valence-corrected chi connectivity index (χ4v) is 7.04. The first-order valence-electron chi connectivity index (χ1n) is 16.2. The van der Waals surface area contributed by atoms with E-state index in [0.29, 0.717) is 38.8 Å². The standard InChI is InChI=1S/C35H44ClN7O3/c1-34(2,3)46-33(44)43-19-18-42(20-25(43)12-16-37)31-26-13-17-41(29-11-7-9-24-8-6-10-27(36)30(24)29)21-28(26)38-32(39-31)45-23-35(14-15-35)22-40(4)5/h6-11,25H,12-15,17-23H2,1-5H3/t25-/m0/s1. The maximum atomic E-state index is 13.1. The molecule has 1 aliphatic carbocycles. The second-order valence-electron chi connectivity index (χ2n) is 14.2. The van der Waals surface area contributed by atoms with Crippen molar-refractivity contribution in [2.24, 2.45) is 5.41 Å². The van der Waals surface area contributed by atoms with E-state index in [1.807, 2.05) is 32.9 Å². The minimum atomic E-state index is -0.616. The van der Waals surface area contributed by atoms with E-state index in [0.717, 1.165) is 70.9 Å². The molecule has 1 saturated carbocycles. The minimum Gasteiger partial charge on any atom is -0.463 e. The maximum Gasteiger partial charge on any atom is 0.410 e. The quantitative estimate of drug-likeness (QED) is 0.296. The lowest BCUT2D eigenvalue weighted by Gasteiger charge is -2.42. The summed E-state index contributed by atoms with van der Waals surface area (Å²) in [6, 6.07) is 14.6. The van der Waals surface area contributed by atoms with Crippen molar-refractivity contribution in [3.05, 3.63) is 52.7 Å². The fourth-order valence-electron chi connectivity index (χ4n) is 6.76. The third kappa shape index (κ3) is 6.96. The first-order valence-corrected chi connectivity index (χ1v) is 16.5. The van der Waals surface area contributed by atoms with Crippen LogP contribution in [0.3, 0.4) is 0 Å². The van der Waals surface area contributed by atoms with Crippen LogP contribution in [0.5, 0.6) is 6.01 Å². The molecule has 244 valence electrons. The predicted molar refractivity (Wildman–Crippen MR) is 181 cm³/mol. The number of hydrogen-bond acceptors (Lipinski definition) is 9. The first-order chi connectivity index (χ1) is 21.9. The second-order valence-corrected chi connectivity index (χ2v) is 14.6. The average Bonchev–Trinajstić information content (AvgIpc) is 3.77.